The third kappa shape index (κ3) is 3.87. The number of aryl methyl sites for hydroxylation is 1. The molecule has 0 radical (unpaired) electrons. The minimum Gasteiger partial charge on any atom is -0.361 e. The molecule has 4 rings (SSSR count). The van der Waals surface area contributed by atoms with Crippen LogP contribution >= 0.6 is 0 Å². The Morgan fingerprint density at radius 2 is 2.00 bits per heavy atom. The van der Waals surface area contributed by atoms with Gasteiger partial charge in [0.25, 0.3) is 0 Å². The SMILES string of the molecule is Cc1cc(CN2CCC(CN(C)c3ncnc(C4CC4)c3F)CC2)no1. The summed E-state index contributed by atoms with van der Waals surface area (Å²) < 4.78 is 19.8. The van der Waals surface area contributed by atoms with Crippen LogP contribution in [-0.4, -0.2) is 46.7 Å². The molecule has 26 heavy (non-hydrogen) atoms. The molecule has 140 valence electrons. The van der Waals surface area contributed by atoms with E-state index in [4.69, 9.17) is 4.52 Å². The van der Waals surface area contributed by atoms with Crippen molar-refractivity contribution in [3.8, 4) is 0 Å². The Balaban J connectivity index is 1.31. The summed E-state index contributed by atoms with van der Waals surface area (Å²) in [4.78, 5) is 12.7. The number of hydrogen-bond acceptors (Lipinski definition) is 6. The van der Waals surface area contributed by atoms with E-state index in [-0.39, 0.29) is 5.82 Å². The summed E-state index contributed by atoms with van der Waals surface area (Å²) in [5, 5.41) is 4.07. The van der Waals surface area contributed by atoms with Gasteiger partial charge in [-0.3, -0.25) is 4.90 Å². The van der Waals surface area contributed by atoms with Crippen molar-refractivity contribution in [2.75, 3.05) is 31.6 Å². The topological polar surface area (TPSA) is 58.3 Å². The van der Waals surface area contributed by atoms with Crippen LogP contribution in [0.1, 0.15) is 48.7 Å². The Hall–Kier alpha value is -2.02. The van der Waals surface area contributed by atoms with Gasteiger partial charge in [-0.15, -0.1) is 0 Å². The summed E-state index contributed by atoms with van der Waals surface area (Å²) in [7, 11) is 1.94. The molecule has 0 N–H and O–H groups in total. The van der Waals surface area contributed by atoms with E-state index in [1.165, 1.54) is 6.33 Å². The van der Waals surface area contributed by atoms with E-state index in [1.54, 1.807) is 0 Å². The molecule has 2 aliphatic rings. The van der Waals surface area contributed by atoms with Gasteiger partial charge < -0.3 is 9.42 Å². The minimum absolute atomic E-state index is 0.226. The zero-order chi connectivity index (χ0) is 18.1. The van der Waals surface area contributed by atoms with E-state index in [2.05, 4.69) is 20.0 Å². The second kappa shape index (κ2) is 7.31. The Bertz CT molecular complexity index is 752. The van der Waals surface area contributed by atoms with Gasteiger partial charge in [0.2, 0.25) is 0 Å². The Kier molecular flexibility index (Phi) is 4.89. The van der Waals surface area contributed by atoms with E-state index in [0.29, 0.717) is 23.3 Å². The van der Waals surface area contributed by atoms with Crippen LogP contribution < -0.4 is 4.90 Å². The van der Waals surface area contributed by atoms with Crippen LogP contribution in [0.5, 0.6) is 0 Å². The molecule has 2 fully saturated rings. The standard InChI is InChI=1S/C19H26FN5O/c1-13-9-16(23-26-13)11-25-7-5-14(6-8-25)10-24(2)19-17(20)18(15-3-4-15)21-12-22-19/h9,12,14-15H,3-8,10-11H2,1-2H3. The molecule has 2 aromatic rings. The monoisotopic (exact) mass is 359 g/mol. The molecule has 1 aliphatic heterocycles. The lowest BCUT2D eigenvalue weighted by molar-refractivity contribution is 0.175. The number of likely N-dealkylation sites (tertiary alicyclic amines) is 1. The lowest BCUT2D eigenvalue weighted by Gasteiger charge is -2.33. The maximum absolute atomic E-state index is 14.7. The largest absolute Gasteiger partial charge is 0.361 e. The van der Waals surface area contributed by atoms with E-state index in [0.717, 1.165) is 63.3 Å². The average Bonchev–Trinajstić information content (AvgIpc) is 3.39. The van der Waals surface area contributed by atoms with Crippen LogP contribution in [0.2, 0.25) is 0 Å². The maximum atomic E-state index is 14.7. The minimum atomic E-state index is -0.226. The summed E-state index contributed by atoms with van der Waals surface area (Å²) in [6, 6.07) is 2.00. The summed E-state index contributed by atoms with van der Waals surface area (Å²) in [5.41, 5.74) is 1.59. The Labute approximate surface area is 153 Å². The molecule has 6 nitrogen and oxygen atoms in total. The van der Waals surface area contributed by atoms with Crippen molar-refractivity contribution in [1.82, 2.24) is 20.0 Å². The van der Waals surface area contributed by atoms with Crippen LogP contribution in [0.15, 0.2) is 16.9 Å². The predicted molar refractivity (Wildman–Crippen MR) is 96.5 cm³/mol. The van der Waals surface area contributed by atoms with Crippen molar-refractivity contribution in [1.29, 1.82) is 0 Å². The van der Waals surface area contributed by atoms with Gasteiger partial charge >= 0.3 is 0 Å². The summed E-state index contributed by atoms with van der Waals surface area (Å²) in [6.07, 6.45) is 5.79. The van der Waals surface area contributed by atoms with Gasteiger partial charge in [0.1, 0.15) is 12.1 Å². The fourth-order valence-electron chi connectivity index (χ4n) is 3.80. The summed E-state index contributed by atoms with van der Waals surface area (Å²) >= 11 is 0. The predicted octanol–water partition coefficient (Wildman–Crippen LogP) is 3.14. The van der Waals surface area contributed by atoms with Crippen molar-refractivity contribution in [3.05, 3.63) is 35.4 Å². The third-order valence-corrected chi connectivity index (χ3v) is 5.43. The highest BCUT2D eigenvalue weighted by molar-refractivity contribution is 5.41. The van der Waals surface area contributed by atoms with Gasteiger partial charge in [-0.05, 0) is 51.6 Å². The average molecular weight is 359 g/mol. The van der Waals surface area contributed by atoms with E-state index in [1.807, 2.05) is 24.9 Å². The molecule has 7 heteroatoms. The van der Waals surface area contributed by atoms with E-state index >= 15 is 0 Å². The smallest absolute Gasteiger partial charge is 0.187 e. The van der Waals surface area contributed by atoms with Crippen LogP contribution in [0, 0.1) is 18.7 Å². The molecular weight excluding hydrogens is 333 g/mol. The number of piperidine rings is 1. The summed E-state index contributed by atoms with van der Waals surface area (Å²) in [6.45, 7) is 5.65. The number of nitrogens with zero attached hydrogens (tertiary/aromatic N) is 5. The van der Waals surface area contributed by atoms with Gasteiger partial charge in [-0.1, -0.05) is 5.16 Å². The number of hydrogen-bond donors (Lipinski definition) is 0. The normalized spacial score (nSPS) is 19.0. The molecular formula is C19H26FN5O. The zero-order valence-electron chi connectivity index (χ0n) is 15.5. The first-order valence-corrected chi connectivity index (χ1v) is 9.46. The van der Waals surface area contributed by atoms with Crippen molar-refractivity contribution in [2.45, 2.75) is 45.1 Å². The summed E-state index contributed by atoms with van der Waals surface area (Å²) in [5.74, 6) is 1.93. The van der Waals surface area contributed by atoms with Crippen LogP contribution in [-0.2, 0) is 6.54 Å². The van der Waals surface area contributed by atoms with Crippen LogP contribution in [0.3, 0.4) is 0 Å². The van der Waals surface area contributed by atoms with Gasteiger partial charge in [0.15, 0.2) is 11.6 Å². The van der Waals surface area contributed by atoms with Gasteiger partial charge in [0.05, 0.1) is 11.4 Å². The second-order valence-corrected chi connectivity index (χ2v) is 7.70. The molecule has 0 bridgehead atoms. The zero-order valence-corrected chi connectivity index (χ0v) is 15.5. The number of aromatic nitrogens is 3. The quantitative estimate of drug-likeness (QED) is 0.790. The van der Waals surface area contributed by atoms with E-state index in [9.17, 15) is 4.39 Å². The number of anilines is 1. The Morgan fingerprint density at radius 1 is 1.23 bits per heavy atom. The first-order valence-electron chi connectivity index (χ1n) is 9.46. The van der Waals surface area contributed by atoms with Gasteiger partial charge in [-0.25, -0.2) is 14.4 Å². The lowest BCUT2D eigenvalue weighted by atomic mass is 9.96. The van der Waals surface area contributed by atoms with E-state index < -0.39 is 0 Å². The molecule has 3 heterocycles. The first-order chi connectivity index (χ1) is 12.6. The van der Waals surface area contributed by atoms with Crippen molar-refractivity contribution in [3.63, 3.8) is 0 Å². The highest BCUT2D eigenvalue weighted by Gasteiger charge is 2.31. The van der Waals surface area contributed by atoms with Crippen molar-refractivity contribution in [2.24, 2.45) is 5.92 Å². The van der Waals surface area contributed by atoms with Gasteiger partial charge in [0, 0.05) is 32.1 Å². The second-order valence-electron chi connectivity index (χ2n) is 7.70. The molecule has 1 saturated heterocycles. The fraction of sp³-hybridized carbons (Fsp3) is 0.632. The number of halogens is 1. The molecule has 1 aliphatic carbocycles. The molecule has 0 unspecified atom stereocenters. The van der Waals surface area contributed by atoms with Crippen LogP contribution in [0.4, 0.5) is 10.2 Å². The first kappa shape index (κ1) is 17.4. The van der Waals surface area contributed by atoms with Crippen LogP contribution in [0.25, 0.3) is 0 Å². The molecule has 2 aromatic heterocycles. The van der Waals surface area contributed by atoms with Gasteiger partial charge in [-0.2, -0.15) is 0 Å². The molecule has 1 saturated carbocycles. The fourth-order valence-corrected chi connectivity index (χ4v) is 3.80. The van der Waals surface area contributed by atoms with Crippen molar-refractivity contribution < 1.29 is 8.91 Å². The third-order valence-electron chi connectivity index (χ3n) is 5.43. The number of rotatable bonds is 6. The Morgan fingerprint density at radius 3 is 2.65 bits per heavy atom. The lowest BCUT2D eigenvalue weighted by Crippen LogP contribution is -2.38. The highest BCUT2D eigenvalue weighted by atomic mass is 19.1. The molecule has 0 spiro atoms. The molecule has 0 amide bonds. The highest BCUT2D eigenvalue weighted by Crippen LogP contribution is 2.41. The maximum Gasteiger partial charge on any atom is 0.187 e. The molecule has 0 atom stereocenters. The molecule has 0 aromatic carbocycles. The van der Waals surface area contributed by atoms with Crippen molar-refractivity contribution >= 4 is 5.82 Å².